The van der Waals surface area contributed by atoms with Gasteiger partial charge in [0.15, 0.2) is 0 Å². The van der Waals surface area contributed by atoms with Gasteiger partial charge in [-0.15, -0.1) is 0 Å². The van der Waals surface area contributed by atoms with Crippen LogP contribution in [0.5, 0.6) is 0 Å². The van der Waals surface area contributed by atoms with E-state index in [1.54, 1.807) is 0 Å². The lowest BCUT2D eigenvalue weighted by atomic mass is 10.0. The SMILES string of the molecule is CCC(N)/C(C)=C/c1ccccc1. The maximum absolute atomic E-state index is 5.90. The van der Waals surface area contributed by atoms with Crippen LogP contribution in [0.1, 0.15) is 25.8 Å². The monoisotopic (exact) mass is 175 g/mol. The minimum Gasteiger partial charge on any atom is -0.324 e. The van der Waals surface area contributed by atoms with Crippen molar-refractivity contribution < 1.29 is 0 Å². The van der Waals surface area contributed by atoms with E-state index in [9.17, 15) is 0 Å². The molecule has 1 aromatic carbocycles. The Kier molecular flexibility index (Phi) is 3.71. The number of rotatable bonds is 3. The second-order valence-corrected chi connectivity index (χ2v) is 3.31. The molecule has 1 rings (SSSR count). The van der Waals surface area contributed by atoms with Crippen molar-refractivity contribution in [1.29, 1.82) is 0 Å². The van der Waals surface area contributed by atoms with Crippen molar-refractivity contribution in [3.8, 4) is 0 Å². The first-order valence-electron chi connectivity index (χ1n) is 4.73. The van der Waals surface area contributed by atoms with Crippen LogP contribution in [-0.4, -0.2) is 6.04 Å². The first kappa shape index (κ1) is 10.0. The molecule has 0 heterocycles. The van der Waals surface area contributed by atoms with Crippen LogP contribution in [0.15, 0.2) is 35.9 Å². The van der Waals surface area contributed by atoms with E-state index in [1.165, 1.54) is 11.1 Å². The van der Waals surface area contributed by atoms with Crippen LogP contribution in [0.3, 0.4) is 0 Å². The van der Waals surface area contributed by atoms with Crippen LogP contribution in [0.4, 0.5) is 0 Å². The van der Waals surface area contributed by atoms with E-state index in [4.69, 9.17) is 5.73 Å². The van der Waals surface area contributed by atoms with Crippen molar-refractivity contribution in [2.75, 3.05) is 0 Å². The molecule has 0 aliphatic carbocycles. The molecule has 0 fully saturated rings. The lowest BCUT2D eigenvalue weighted by Gasteiger charge is -2.08. The van der Waals surface area contributed by atoms with E-state index >= 15 is 0 Å². The highest BCUT2D eigenvalue weighted by Gasteiger charge is 2.00. The van der Waals surface area contributed by atoms with Gasteiger partial charge in [0.05, 0.1) is 0 Å². The third-order valence-electron chi connectivity index (χ3n) is 2.22. The normalized spacial score (nSPS) is 14.2. The van der Waals surface area contributed by atoms with Crippen LogP contribution in [-0.2, 0) is 0 Å². The fraction of sp³-hybridized carbons (Fsp3) is 0.333. The van der Waals surface area contributed by atoms with Gasteiger partial charge in [-0.2, -0.15) is 0 Å². The Morgan fingerprint density at radius 3 is 2.54 bits per heavy atom. The van der Waals surface area contributed by atoms with E-state index in [0.717, 1.165) is 6.42 Å². The summed E-state index contributed by atoms with van der Waals surface area (Å²) >= 11 is 0. The Balaban J connectivity index is 2.77. The van der Waals surface area contributed by atoms with Crippen molar-refractivity contribution in [1.82, 2.24) is 0 Å². The summed E-state index contributed by atoms with van der Waals surface area (Å²) in [5.74, 6) is 0. The fourth-order valence-electron chi connectivity index (χ4n) is 1.24. The molecule has 0 aliphatic heterocycles. The average Bonchev–Trinajstić information content (AvgIpc) is 2.18. The molecule has 70 valence electrons. The molecule has 1 heteroatoms. The predicted molar refractivity (Wildman–Crippen MR) is 58.4 cm³/mol. The highest BCUT2D eigenvalue weighted by atomic mass is 14.6. The second kappa shape index (κ2) is 4.83. The maximum atomic E-state index is 5.90. The van der Waals surface area contributed by atoms with Crippen molar-refractivity contribution >= 4 is 6.08 Å². The van der Waals surface area contributed by atoms with Gasteiger partial charge in [-0.1, -0.05) is 48.9 Å². The molecule has 1 atom stereocenters. The second-order valence-electron chi connectivity index (χ2n) is 3.31. The van der Waals surface area contributed by atoms with Crippen molar-refractivity contribution in [2.45, 2.75) is 26.3 Å². The van der Waals surface area contributed by atoms with E-state index in [1.807, 2.05) is 18.2 Å². The molecule has 1 nitrogen and oxygen atoms in total. The summed E-state index contributed by atoms with van der Waals surface area (Å²) in [5.41, 5.74) is 8.37. The van der Waals surface area contributed by atoms with Gasteiger partial charge in [-0.25, -0.2) is 0 Å². The van der Waals surface area contributed by atoms with Gasteiger partial charge in [0.1, 0.15) is 0 Å². The zero-order valence-electron chi connectivity index (χ0n) is 8.33. The number of hydrogen-bond donors (Lipinski definition) is 1. The average molecular weight is 175 g/mol. The molecule has 1 unspecified atom stereocenters. The number of hydrogen-bond acceptors (Lipinski definition) is 1. The number of benzene rings is 1. The standard InChI is InChI=1S/C12H17N/c1-3-12(13)10(2)9-11-7-5-4-6-8-11/h4-9,12H,3,13H2,1-2H3/b10-9+. The zero-order valence-corrected chi connectivity index (χ0v) is 8.33. The minimum absolute atomic E-state index is 0.195. The quantitative estimate of drug-likeness (QED) is 0.751. The van der Waals surface area contributed by atoms with Gasteiger partial charge in [-0.3, -0.25) is 0 Å². The lowest BCUT2D eigenvalue weighted by molar-refractivity contribution is 0.744. The Morgan fingerprint density at radius 1 is 1.38 bits per heavy atom. The summed E-state index contributed by atoms with van der Waals surface area (Å²) in [6.07, 6.45) is 3.14. The number of nitrogens with two attached hydrogens (primary N) is 1. The summed E-state index contributed by atoms with van der Waals surface area (Å²) in [5, 5.41) is 0. The topological polar surface area (TPSA) is 26.0 Å². The predicted octanol–water partition coefficient (Wildman–Crippen LogP) is 2.83. The summed E-state index contributed by atoms with van der Waals surface area (Å²) in [6.45, 7) is 4.19. The molecule has 0 bridgehead atoms. The van der Waals surface area contributed by atoms with Crippen LogP contribution in [0.25, 0.3) is 6.08 Å². The van der Waals surface area contributed by atoms with Gasteiger partial charge >= 0.3 is 0 Å². The Morgan fingerprint density at radius 2 is 2.00 bits per heavy atom. The van der Waals surface area contributed by atoms with E-state index in [2.05, 4.69) is 32.1 Å². The fourth-order valence-corrected chi connectivity index (χ4v) is 1.24. The summed E-state index contributed by atoms with van der Waals surface area (Å²) in [4.78, 5) is 0. The largest absolute Gasteiger partial charge is 0.324 e. The van der Waals surface area contributed by atoms with E-state index in [0.29, 0.717) is 0 Å². The molecule has 0 aromatic heterocycles. The summed E-state index contributed by atoms with van der Waals surface area (Å²) in [7, 11) is 0. The van der Waals surface area contributed by atoms with Crippen LogP contribution in [0.2, 0.25) is 0 Å². The lowest BCUT2D eigenvalue weighted by Crippen LogP contribution is -2.19. The molecular formula is C12H17N. The van der Waals surface area contributed by atoms with Gasteiger partial charge in [0, 0.05) is 6.04 Å². The Bertz CT molecular complexity index is 274. The van der Waals surface area contributed by atoms with Crippen molar-refractivity contribution in [3.05, 3.63) is 41.5 Å². The van der Waals surface area contributed by atoms with Gasteiger partial charge in [0.2, 0.25) is 0 Å². The third kappa shape index (κ3) is 3.03. The molecule has 0 amide bonds. The molecule has 0 saturated heterocycles. The van der Waals surface area contributed by atoms with Crippen LogP contribution >= 0.6 is 0 Å². The first-order chi connectivity index (χ1) is 6.24. The molecule has 1 aromatic rings. The van der Waals surface area contributed by atoms with E-state index < -0.39 is 0 Å². The third-order valence-corrected chi connectivity index (χ3v) is 2.22. The minimum atomic E-state index is 0.195. The first-order valence-corrected chi connectivity index (χ1v) is 4.73. The molecular weight excluding hydrogens is 158 g/mol. The Labute approximate surface area is 80.3 Å². The highest BCUT2D eigenvalue weighted by Crippen LogP contribution is 2.09. The van der Waals surface area contributed by atoms with Crippen molar-refractivity contribution in [3.63, 3.8) is 0 Å². The molecule has 13 heavy (non-hydrogen) atoms. The molecule has 0 radical (unpaired) electrons. The van der Waals surface area contributed by atoms with Crippen LogP contribution < -0.4 is 5.73 Å². The van der Waals surface area contributed by atoms with Gasteiger partial charge < -0.3 is 5.73 Å². The molecule has 0 saturated carbocycles. The Hall–Kier alpha value is -1.08. The van der Waals surface area contributed by atoms with Gasteiger partial charge in [0.25, 0.3) is 0 Å². The van der Waals surface area contributed by atoms with Crippen molar-refractivity contribution in [2.24, 2.45) is 5.73 Å². The van der Waals surface area contributed by atoms with E-state index in [-0.39, 0.29) is 6.04 Å². The van der Waals surface area contributed by atoms with Crippen LogP contribution in [0, 0.1) is 0 Å². The summed E-state index contributed by atoms with van der Waals surface area (Å²) < 4.78 is 0. The zero-order chi connectivity index (χ0) is 9.68. The molecule has 2 N–H and O–H groups in total. The molecule has 0 spiro atoms. The maximum Gasteiger partial charge on any atom is 0.0251 e. The van der Waals surface area contributed by atoms with Gasteiger partial charge in [-0.05, 0) is 18.9 Å². The molecule has 0 aliphatic rings. The highest BCUT2D eigenvalue weighted by molar-refractivity contribution is 5.53. The smallest absolute Gasteiger partial charge is 0.0251 e. The summed E-state index contributed by atoms with van der Waals surface area (Å²) in [6, 6.07) is 10.5.